The molecular weight excluding hydrogens is 296 g/mol. The maximum atomic E-state index is 10.4. The van der Waals surface area contributed by atoms with Crippen LogP contribution in [0, 0.1) is 0 Å². The second-order valence-corrected chi connectivity index (χ2v) is 16.3. The smallest absolute Gasteiger partial charge is 0.313 e. The predicted octanol–water partition coefficient (Wildman–Crippen LogP) is 3.93. The highest BCUT2D eigenvalue weighted by atomic mass is 79.9. The van der Waals surface area contributed by atoms with E-state index in [2.05, 4.69) is 34.2 Å². The van der Waals surface area contributed by atoms with Crippen molar-refractivity contribution in [2.75, 3.05) is 36.5 Å². The van der Waals surface area contributed by atoms with Crippen LogP contribution < -0.4 is 0 Å². The number of hydrogen-bond acceptors (Lipinski definition) is 2. The van der Waals surface area contributed by atoms with Crippen LogP contribution in [0.3, 0.4) is 0 Å². The van der Waals surface area contributed by atoms with Gasteiger partial charge in [0, 0.05) is 12.7 Å². The zero-order chi connectivity index (χ0) is 12.7. The van der Waals surface area contributed by atoms with Gasteiger partial charge in [0.05, 0.1) is 0 Å². The van der Waals surface area contributed by atoms with Gasteiger partial charge in [-0.25, -0.2) is 0 Å². The fraction of sp³-hybridized carbons (Fsp3) is 0.900. The Hall–Kier alpha value is 0.650. The van der Waals surface area contributed by atoms with Gasteiger partial charge in [0.1, 0.15) is 0 Å². The van der Waals surface area contributed by atoms with Crippen LogP contribution in [0.15, 0.2) is 0 Å². The summed E-state index contributed by atoms with van der Waals surface area (Å²) >= 11 is 3.56. The van der Waals surface area contributed by atoms with Crippen molar-refractivity contribution in [3.8, 4) is 0 Å². The lowest BCUT2D eigenvalue weighted by Gasteiger charge is -2.27. The Morgan fingerprint density at radius 3 is 1.53 bits per heavy atom. The Morgan fingerprint density at radius 1 is 1.13 bits per heavy atom. The van der Waals surface area contributed by atoms with E-state index in [1.807, 2.05) is 19.4 Å². The number of carbonyl (C=O) groups is 1. The van der Waals surface area contributed by atoms with Crippen LogP contribution >= 0.6 is 33.6 Å². The summed E-state index contributed by atoms with van der Waals surface area (Å²) in [6.45, 7) is 5.67. The summed E-state index contributed by atoms with van der Waals surface area (Å²) in [6, 6.07) is 0. The molecule has 0 aliphatic carbocycles. The highest BCUT2D eigenvalue weighted by Crippen LogP contribution is 2.47. The van der Waals surface area contributed by atoms with Gasteiger partial charge in [-0.3, -0.25) is 4.79 Å². The average molecular weight is 321 g/mol. The number of halogens is 1. The molecule has 0 aliphatic rings. The van der Waals surface area contributed by atoms with E-state index in [0.717, 1.165) is 5.75 Å². The number of hydrogen-bond donors (Lipinski definition) is 0. The minimum absolute atomic E-state index is 0.170. The second kappa shape index (κ2) is 7.85. The van der Waals surface area contributed by atoms with Crippen LogP contribution in [-0.4, -0.2) is 42.5 Å². The van der Waals surface area contributed by atoms with Crippen molar-refractivity contribution in [1.82, 2.24) is 0 Å². The minimum Gasteiger partial charge on any atom is -0.416 e. The van der Waals surface area contributed by atoms with Crippen molar-refractivity contribution < 1.29 is 8.98 Å². The average Bonchev–Trinajstić information content (AvgIpc) is 2.02. The molecule has 96 valence electrons. The number of rotatable bonds is 3. The molecule has 0 aromatic carbocycles. The molecule has 5 heteroatoms. The summed E-state index contributed by atoms with van der Waals surface area (Å²) in [5.74, 6) is 2.04. The van der Waals surface area contributed by atoms with E-state index < -0.39 is 10.3 Å². The standard InChI is InChI=1S/C6H14O2S.C4H11BrS/c1-5-9(3,4)8-6(2)7;1-4-6(2,3)5/h5H2,1-4H3;4H2,1-3H3. The molecule has 0 heterocycles. The van der Waals surface area contributed by atoms with Gasteiger partial charge in [0.25, 0.3) is 0 Å². The van der Waals surface area contributed by atoms with Gasteiger partial charge >= 0.3 is 5.97 Å². The minimum atomic E-state index is -1.07. The Morgan fingerprint density at radius 2 is 1.47 bits per heavy atom. The van der Waals surface area contributed by atoms with Gasteiger partial charge < -0.3 is 4.18 Å². The molecule has 0 saturated carbocycles. The van der Waals surface area contributed by atoms with Crippen molar-refractivity contribution in [1.29, 1.82) is 0 Å². The molecule has 0 fully saturated rings. The Balaban J connectivity index is 0. The third-order valence-electron chi connectivity index (χ3n) is 1.72. The molecule has 2 nitrogen and oxygen atoms in total. The number of carbonyl (C=O) groups excluding carboxylic acids is 1. The lowest BCUT2D eigenvalue weighted by molar-refractivity contribution is -0.130. The normalized spacial score (nSPS) is 13.6. The Bertz CT molecular complexity index is 188. The first-order chi connectivity index (χ1) is 6.54. The van der Waals surface area contributed by atoms with E-state index in [9.17, 15) is 4.79 Å². The summed E-state index contributed by atoms with van der Waals surface area (Å²) in [4.78, 5) is 10.4. The van der Waals surface area contributed by atoms with Crippen LogP contribution in [-0.2, 0) is 8.98 Å². The van der Waals surface area contributed by atoms with Crippen molar-refractivity contribution in [3.63, 3.8) is 0 Å². The first-order valence-electron chi connectivity index (χ1n) is 4.85. The molecule has 0 unspecified atom stereocenters. The molecule has 0 radical (unpaired) electrons. The van der Waals surface area contributed by atoms with Gasteiger partial charge in [-0.05, 0) is 45.6 Å². The highest BCUT2D eigenvalue weighted by molar-refractivity contribution is 9.58. The molecule has 15 heavy (non-hydrogen) atoms. The zero-order valence-electron chi connectivity index (χ0n) is 10.9. The highest BCUT2D eigenvalue weighted by Gasteiger charge is 2.10. The van der Waals surface area contributed by atoms with E-state index in [1.54, 1.807) is 0 Å². The molecule has 0 N–H and O–H groups in total. The van der Waals surface area contributed by atoms with E-state index in [4.69, 9.17) is 4.18 Å². The lowest BCUT2D eigenvalue weighted by atomic mass is 10.9. The molecule has 0 amide bonds. The zero-order valence-corrected chi connectivity index (χ0v) is 14.1. The van der Waals surface area contributed by atoms with Crippen LogP contribution in [0.25, 0.3) is 0 Å². The predicted molar refractivity (Wildman–Crippen MR) is 80.7 cm³/mol. The first kappa shape index (κ1) is 18.0. The maximum absolute atomic E-state index is 10.4. The third kappa shape index (κ3) is 17.3. The monoisotopic (exact) mass is 320 g/mol. The Labute approximate surface area is 106 Å². The molecular formula is C10H25BrO2S2. The third-order valence-corrected chi connectivity index (χ3v) is 6.55. The summed E-state index contributed by atoms with van der Waals surface area (Å²) in [5, 5.41) is 0. The largest absolute Gasteiger partial charge is 0.416 e. The first-order valence-corrected chi connectivity index (χ1v) is 11.9. The van der Waals surface area contributed by atoms with Crippen molar-refractivity contribution in [2.24, 2.45) is 0 Å². The van der Waals surface area contributed by atoms with Crippen LogP contribution in [0.2, 0.25) is 0 Å². The van der Waals surface area contributed by atoms with Crippen LogP contribution in [0.1, 0.15) is 20.8 Å². The summed E-state index contributed by atoms with van der Waals surface area (Å²) in [6.07, 6.45) is 8.45. The Kier molecular flexibility index (Phi) is 9.43. The van der Waals surface area contributed by atoms with Gasteiger partial charge in [-0.1, -0.05) is 24.2 Å². The van der Waals surface area contributed by atoms with E-state index in [-0.39, 0.29) is 14.4 Å². The summed E-state index contributed by atoms with van der Waals surface area (Å²) in [7, 11) is -1.42. The second-order valence-electron chi connectivity index (χ2n) is 3.99. The summed E-state index contributed by atoms with van der Waals surface area (Å²) < 4.78 is 5.03. The van der Waals surface area contributed by atoms with E-state index in [0.29, 0.717) is 0 Å². The molecule has 0 aromatic rings. The fourth-order valence-corrected chi connectivity index (χ4v) is 1.13. The molecule has 0 rings (SSSR count). The SMILES string of the molecule is CCS(C)(C)Br.CCS(C)(C)OC(C)=O. The van der Waals surface area contributed by atoms with E-state index in [1.165, 1.54) is 12.7 Å². The van der Waals surface area contributed by atoms with Crippen molar-refractivity contribution in [2.45, 2.75) is 20.8 Å². The van der Waals surface area contributed by atoms with Crippen LogP contribution in [0.4, 0.5) is 0 Å². The lowest BCUT2D eigenvalue weighted by Crippen LogP contribution is -2.07. The van der Waals surface area contributed by atoms with Gasteiger partial charge in [0.15, 0.2) is 0 Å². The molecule has 0 bridgehead atoms. The van der Waals surface area contributed by atoms with Gasteiger partial charge in [-0.2, -0.15) is 8.46 Å². The fourth-order valence-electron chi connectivity index (χ4n) is 0.377. The van der Waals surface area contributed by atoms with Gasteiger partial charge in [0.2, 0.25) is 0 Å². The van der Waals surface area contributed by atoms with Crippen LogP contribution in [0.5, 0.6) is 0 Å². The maximum Gasteiger partial charge on any atom is 0.313 e. The van der Waals surface area contributed by atoms with E-state index >= 15 is 0 Å². The summed E-state index contributed by atoms with van der Waals surface area (Å²) in [5.41, 5.74) is 0. The molecule has 0 saturated heterocycles. The van der Waals surface area contributed by atoms with Crippen molar-refractivity contribution in [3.05, 3.63) is 0 Å². The molecule has 0 atom stereocenters. The molecule has 0 aliphatic heterocycles. The molecule has 0 aromatic heterocycles. The molecule has 0 spiro atoms. The van der Waals surface area contributed by atoms with Gasteiger partial charge in [-0.15, -0.1) is 0 Å². The quantitative estimate of drug-likeness (QED) is 0.787. The topological polar surface area (TPSA) is 26.3 Å². The van der Waals surface area contributed by atoms with Crippen molar-refractivity contribution >= 4 is 39.6 Å².